The van der Waals surface area contributed by atoms with Crippen LogP contribution in [0.5, 0.6) is 11.5 Å². The molecule has 4 N–H and O–H groups in total. The quantitative estimate of drug-likeness (QED) is 0.676. The van der Waals surface area contributed by atoms with Crippen LogP contribution in [0.4, 0.5) is 5.69 Å². The highest BCUT2D eigenvalue weighted by atomic mass is 16.3. The number of aliphatic hydroxyl groups excluding tert-OH is 1. The van der Waals surface area contributed by atoms with E-state index < -0.39 is 0 Å². The number of hydrogen-bond acceptors (Lipinski definition) is 4. The van der Waals surface area contributed by atoms with Crippen LogP contribution in [0.25, 0.3) is 0 Å². The Balaban J connectivity index is 2.13. The minimum absolute atomic E-state index is 0.0712. The van der Waals surface area contributed by atoms with Gasteiger partial charge in [-0.05, 0) is 43.2 Å². The number of rotatable bonds is 5. The molecule has 2 rings (SSSR count). The Morgan fingerprint density at radius 2 is 1.60 bits per heavy atom. The molecule has 4 heteroatoms. The van der Waals surface area contributed by atoms with Gasteiger partial charge >= 0.3 is 0 Å². The van der Waals surface area contributed by atoms with Crippen molar-refractivity contribution in [2.75, 3.05) is 11.9 Å². The average Bonchev–Trinajstić information content (AvgIpc) is 2.41. The number of nitrogens with one attached hydrogen (secondary N) is 1. The summed E-state index contributed by atoms with van der Waals surface area (Å²) >= 11 is 0. The first kappa shape index (κ1) is 14.2. The molecule has 2 aromatic rings. The molecule has 0 saturated carbocycles. The fourth-order valence-corrected chi connectivity index (χ4v) is 2.20. The number of benzene rings is 2. The van der Waals surface area contributed by atoms with Gasteiger partial charge in [0.25, 0.3) is 0 Å². The molecule has 0 aliphatic carbocycles. The minimum atomic E-state index is -0.222. The summed E-state index contributed by atoms with van der Waals surface area (Å²) < 4.78 is 0. The van der Waals surface area contributed by atoms with E-state index in [1.807, 2.05) is 31.2 Å². The van der Waals surface area contributed by atoms with Gasteiger partial charge in [-0.15, -0.1) is 0 Å². The van der Waals surface area contributed by atoms with E-state index in [4.69, 9.17) is 5.11 Å². The maximum atomic E-state index is 9.83. The lowest BCUT2D eigenvalue weighted by Gasteiger charge is -2.18. The van der Waals surface area contributed by atoms with E-state index in [-0.39, 0.29) is 24.1 Å². The second-order valence-electron chi connectivity index (χ2n) is 4.75. The van der Waals surface area contributed by atoms with Gasteiger partial charge in [0.2, 0.25) is 0 Å². The van der Waals surface area contributed by atoms with Crippen molar-refractivity contribution in [2.24, 2.45) is 0 Å². The second-order valence-corrected chi connectivity index (χ2v) is 4.75. The zero-order valence-corrected chi connectivity index (χ0v) is 11.4. The highest BCUT2D eigenvalue weighted by molar-refractivity contribution is 5.52. The Kier molecular flexibility index (Phi) is 4.48. The van der Waals surface area contributed by atoms with E-state index in [9.17, 15) is 10.2 Å². The van der Waals surface area contributed by atoms with Crippen molar-refractivity contribution in [3.63, 3.8) is 0 Å². The highest BCUT2D eigenvalue weighted by Crippen LogP contribution is 2.34. The normalized spacial score (nSPS) is 12.1. The molecule has 0 bridgehead atoms. The van der Waals surface area contributed by atoms with E-state index in [1.165, 1.54) is 0 Å². The molecule has 0 aliphatic heterocycles. The summed E-state index contributed by atoms with van der Waals surface area (Å²) in [5, 5.41) is 31.8. The van der Waals surface area contributed by atoms with E-state index in [0.717, 1.165) is 11.3 Å². The van der Waals surface area contributed by atoms with Crippen molar-refractivity contribution < 1.29 is 15.3 Å². The summed E-state index contributed by atoms with van der Waals surface area (Å²) in [5.41, 5.74) is 2.44. The molecule has 2 aromatic carbocycles. The van der Waals surface area contributed by atoms with Crippen LogP contribution in [0.3, 0.4) is 0 Å². The summed E-state index contributed by atoms with van der Waals surface area (Å²) in [5.74, 6) is 0.142. The molecule has 106 valence electrons. The van der Waals surface area contributed by atoms with Gasteiger partial charge in [0.15, 0.2) is 0 Å². The Labute approximate surface area is 118 Å². The first-order chi connectivity index (χ1) is 9.61. The lowest BCUT2D eigenvalue weighted by Crippen LogP contribution is -2.07. The number of phenolic OH excluding ortho intramolecular Hbond substituents is 2. The van der Waals surface area contributed by atoms with E-state index >= 15 is 0 Å². The Morgan fingerprint density at radius 3 is 2.15 bits per heavy atom. The van der Waals surface area contributed by atoms with Gasteiger partial charge in [0.05, 0.1) is 11.6 Å². The van der Waals surface area contributed by atoms with Gasteiger partial charge < -0.3 is 20.6 Å². The molecular weight excluding hydrogens is 254 g/mol. The molecule has 0 heterocycles. The van der Waals surface area contributed by atoms with Gasteiger partial charge in [-0.25, -0.2) is 0 Å². The molecule has 20 heavy (non-hydrogen) atoms. The second kappa shape index (κ2) is 6.30. The standard InChI is InChI=1S/C16H19NO3/c1-11(16-14(19)3-2-4-15(16)20)17-13-7-5-12(6-8-13)9-10-18/h2-8,11,17-20H,9-10H2,1H3. The summed E-state index contributed by atoms with van der Waals surface area (Å²) in [6.45, 7) is 2.01. The fraction of sp³-hybridized carbons (Fsp3) is 0.250. The van der Waals surface area contributed by atoms with Crippen LogP contribution in [0.2, 0.25) is 0 Å². The molecule has 1 unspecified atom stereocenters. The first-order valence-electron chi connectivity index (χ1n) is 6.59. The van der Waals surface area contributed by atoms with E-state index in [0.29, 0.717) is 12.0 Å². The largest absolute Gasteiger partial charge is 0.507 e. The summed E-state index contributed by atoms with van der Waals surface area (Å²) in [6.07, 6.45) is 0.635. The number of hydrogen-bond donors (Lipinski definition) is 4. The Hall–Kier alpha value is -2.20. The third kappa shape index (κ3) is 3.22. The maximum absolute atomic E-state index is 9.83. The number of anilines is 1. The predicted molar refractivity (Wildman–Crippen MR) is 79.0 cm³/mol. The molecule has 4 nitrogen and oxygen atoms in total. The molecule has 1 atom stereocenters. The van der Waals surface area contributed by atoms with Crippen molar-refractivity contribution >= 4 is 5.69 Å². The molecule has 0 aliphatic rings. The van der Waals surface area contributed by atoms with Gasteiger partial charge in [-0.2, -0.15) is 0 Å². The lowest BCUT2D eigenvalue weighted by molar-refractivity contribution is 0.299. The monoisotopic (exact) mass is 273 g/mol. The van der Waals surface area contributed by atoms with Crippen LogP contribution >= 0.6 is 0 Å². The SMILES string of the molecule is CC(Nc1ccc(CCO)cc1)c1c(O)cccc1O. The van der Waals surface area contributed by atoms with Crippen LogP contribution in [0, 0.1) is 0 Å². The van der Waals surface area contributed by atoms with Gasteiger partial charge in [-0.1, -0.05) is 18.2 Å². The topological polar surface area (TPSA) is 72.7 Å². The minimum Gasteiger partial charge on any atom is -0.507 e. The van der Waals surface area contributed by atoms with Crippen molar-refractivity contribution in [2.45, 2.75) is 19.4 Å². The molecule has 0 fully saturated rings. The smallest absolute Gasteiger partial charge is 0.124 e. The van der Waals surface area contributed by atoms with Crippen LogP contribution in [0.15, 0.2) is 42.5 Å². The molecule has 0 spiro atoms. The summed E-state index contributed by atoms with van der Waals surface area (Å²) in [4.78, 5) is 0. The van der Waals surface area contributed by atoms with Crippen LogP contribution < -0.4 is 5.32 Å². The van der Waals surface area contributed by atoms with Crippen LogP contribution in [0.1, 0.15) is 24.1 Å². The third-order valence-electron chi connectivity index (χ3n) is 3.23. The number of aliphatic hydroxyl groups is 1. The maximum Gasteiger partial charge on any atom is 0.124 e. The van der Waals surface area contributed by atoms with Crippen molar-refractivity contribution in [3.05, 3.63) is 53.6 Å². The predicted octanol–water partition coefficient (Wildman–Crippen LogP) is 2.81. The number of aromatic hydroxyl groups is 2. The molecular formula is C16H19NO3. The Morgan fingerprint density at radius 1 is 1.00 bits per heavy atom. The van der Waals surface area contributed by atoms with Crippen molar-refractivity contribution in [1.82, 2.24) is 0 Å². The lowest BCUT2D eigenvalue weighted by atomic mass is 10.1. The third-order valence-corrected chi connectivity index (χ3v) is 3.23. The molecule has 0 radical (unpaired) electrons. The highest BCUT2D eigenvalue weighted by Gasteiger charge is 2.14. The Bertz CT molecular complexity index is 546. The van der Waals surface area contributed by atoms with Crippen molar-refractivity contribution in [1.29, 1.82) is 0 Å². The summed E-state index contributed by atoms with van der Waals surface area (Å²) in [6, 6.07) is 12.2. The average molecular weight is 273 g/mol. The van der Waals surface area contributed by atoms with Crippen molar-refractivity contribution in [3.8, 4) is 11.5 Å². The fourth-order valence-electron chi connectivity index (χ4n) is 2.20. The van der Waals surface area contributed by atoms with E-state index in [1.54, 1.807) is 18.2 Å². The zero-order valence-electron chi connectivity index (χ0n) is 11.4. The molecule has 0 saturated heterocycles. The van der Waals surface area contributed by atoms with Gasteiger partial charge in [-0.3, -0.25) is 0 Å². The van der Waals surface area contributed by atoms with Gasteiger partial charge in [0, 0.05) is 12.3 Å². The van der Waals surface area contributed by atoms with Gasteiger partial charge in [0.1, 0.15) is 11.5 Å². The summed E-state index contributed by atoms with van der Waals surface area (Å²) in [7, 11) is 0. The van der Waals surface area contributed by atoms with E-state index in [2.05, 4.69) is 5.32 Å². The van der Waals surface area contributed by atoms with Crippen LogP contribution in [-0.2, 0) is 6.42 Å². The van der Waals surface area contributed by atoms with Crippen LogP contribution in [-0.4, -0.2) is 21.9 Å². The molecule has 0 amide bonds. The number of phenols is 2. The zero-order chi connectivity index (χ0) is 14.5. The molecule has 0 aromatic heterocycles. The first-order valence-corrected chi connectivity index (χ1v) is 6.59.